The van der Waals surface area contributed by atoms with Crippen LogP contribution in [0.3, 0.4) is 0 Å². The Morgan fingerprint density at radius 3 is 2.22 bits per heavy atom. The van der Waals surface area contributed by atoms with Crippen LogP contribution >= 0.6 is 0 Å². The van der Waals surface area contributed by atoms with Crippen LogP contribution in [-0.4, -0.2) is 34.9 Å². The molecule has 0 saturated heterocycles. The molecule has 0 radical (unpaired) electrons. The lowest BCUT2D eigenvalue weighted by molar-refractivity contribution is -0.0257. The van der Waals surface area contributed by atoms with E-state index in [2.05, 4.69) is 5.32 Å². The van der Waals surface area contributed by atoms with Crippen molar-refractivity contribution in [1.29, 1.82) is 0 Å². The zero-order valence-electron chi connectivity index (χ0n) is 16.6. The Bertz CT molecular complexity index is 775. The highest BCUT2D eigenvalue weighted by Crippen LogP contribution is 2.31. The number of phenols is 1. The minimum absolute atomic E-state index is 0.0139. The number of carbonyl (C=O) groups excluding carboxylic acids is 1. The van der Waals surface area contributed by atoms with Gasteiger partial charge in [0.15, 0.2) is 0 Å². The SMILES string of the molecule is Cc1cccc(C)c1OC(C(O)CNC(=O)c1ccccc1O)C(C)(C)C. The Morgan fingerprint density at radius 1 is 1.07 bits per heavy atom. The predicted molar refractivity (Wildman–Crippen MR) is 106 cm³/mol. The summed E-state index contributed by atoms with van der Waals surface area (Å²) in [5.41, 5.74) is 1.81. The number of rotatable bonds is 6. The van der Waals surface area contributed by atoms with Gasteiger partial charge in [-0.05, 0) is 37.1 Å². The molecular weight excluding hydrogens is 342 g/mol. The molecule has 5 heteroatoms. The second-order valence-corrected chi connectivity index (χ2v) is 7.92. The molecule has 0 heterocycles. The number of hydrogen-bond donors (Lipinski definition) is 3. The van der Waals surface area contributed by atoms with E-state index in [9.17, 15) is 15.0 Å². The standard InChI is InChI=1S/C22H29NO4/c1-14-9-8-10-15(2)19(14)27-20(22(3,4)5)18(25)13-23-21(26)16-11-6-7-12-17(16)24/h6-12,18,20,24-25H,13H2,1-5H3,(H,23,26). The number of phenolic OH excluding ortho intramolecular Hbond substituents is 1. The van der Waals surface area contributed by atoms with Gasteiger partial charge in [-0.25, -0.2) is 0 Å². The van der Waals surface area contributed by atoms with Crippen molar-refractivity contribution < 1.29 is 19.7 Å². The first-order valence-electron chi connectivity index (χ1n) is 9.08. The molecule has 0 aromatic heterocycles. The number of benzene rings is 2. The molecule has 0 spiro atoms. The van der Waals surface area contributed by atoms with Gasteiger partial charge in [0, 0.05) is 12.0 Å². The molecule has 2 aromatic carbocycles. The molecule has 27 heavy (non-hydrogen) atoms. The van der Waals surface area contributed by atoms with Gasteiger partial charge in [-0.3, -0.25) is 4.79 Å². The first-order chi connectivity index (χ1) is 12.6. The van der Waals surface area contributed by atoms with Crippen molar-refractivity contribution in [1.82, 2.24) is 5.32 Å². The molecule has 0 saturated carbocycles. The van der Waals surface area contributed by atoms with Crippen molar-refractivity contribution in [2.45, 2.75) is 46.8 Å². The minimum atomic E-state index is -0.918. The van der Waals surface area contributed by atoms with Gasteiger partial charge in [0.2, 0.25) is 0 Å². The molecule has 3 N–H and O–H groups in total. The molecule has 0 fully saturated rings. The zero-order valence-corrected chi connectivity index (χ0v) is 16.6. The number of hydrogen-bond acceptors (Lipinski definition) is 4. The third kappa shape index (κ3) is 5.23. The first-order valence-corrected chi connectivity index (χ1v) is 9.08. The maximum atomic E-state index is 12.3. The number of nitrogens with one attached hydrogen (secondary N) is 1. The Balaban J connectivity index is 2.13. The summed E-state index contributed by atoms with van der Waals surface area (Å²) < 4.78 is 6.21. The van der Waals surface area contributed by atoms with E-state index < -0.39 is 18.1 Å². The second kappa shape index (κ2) is 8.44. The van der Waals surface area contributed by atoms with E-state index in [1.54, 1.807) is 12.1 Å². The average Bonchev–Trinajstić information content (AvgIpc) is 2.58. The maximum absolute atomic E-state index is 12.3. The van der Waals surface area contributed by atoms with Gasteiger partial charge in [0.1, 0.15) is 23.7 Å². The fourth-order valence-corrected chi connectivity index (χ4v) is 3.01. The molecule has 0 aliphatic carbocycles. The van der Waals surface area contributed by atoms with Crippen LogP contribution in [0.15, 0.2) is 42.5 Å². The number of aliphatic hydroxyl groups is 1. The van der Waals surface area contributed by atoms with Crippen molar-refractivity contribution in [2.24, 2.45) is 5.41 Å². The molecule has 2 aromatic rings. The average molecular weight is 371 g/mol. The Kier molecular flexibility index (Phi) is 6.50. The van der Waals surface area contributed by atoms with Crippen molar-refractivity contribution in [2.75, 3.05) is 6.54 Å². The summed E-state index contributed by atoms with van der Waals surface area (Å²) in [6.07, 6.45) is -1.44. The fourth-order valence-electron chi connectivity index (χ4n) is 3.01. The lowest BCUT2D eigenvalue weighted by atomic mass is 9.85. The summed E-state index contributed by atoms with van der Waals surface area (Å²) in [6.45, 7) is 9.90. The van der Waals surface area contributed by atoms with E-state index in [-0.39, 0.29) is 23.3 Å². The number of aryl methyl sites for hydroxylation is 2. The first kappa shape index (κ1) is 20.8. The quantitative estimate of drug-likeness (QED) is 0.725. The molecule has 5 nitrogen and oxygen atoms in total. The van der Waals surface area contributed by atoms with Crippen LogP contribution in [-0.2, 0) is 0 Å². The molecule has 0 aliphatic heterocycles. The van der Waals surface area contributed by atoms with Crippen LogP contribution in [0.25, 0.3) is 0 Å². The van der Waals surface area contributed by atoms with E-state index in [0.29, 0.717) is 0 Å². The summed E-state index contributed by atoms with van der Waals surface area (Å²) in [7, 11) is 0. The van der Waals surface area contributed by atoms with Gasteiger partial charge in [-0.2, -0.15) is 0 Å². The Hall–Kier alpha value is -2.53. The topological polar surface area (TPSA) is 78.8 Å². The van der Waals surface area contributed by atoms with Crippen LogP contribution in [0.5, 0.6) is 11.5 Å². The van der Waals surface area contributed by atoms with Crippen LogP contribution in [0.1, 0.15) is 42.3 Å². The van der Waals surface area contributed by atoms with Gasteiger partial charge < -0.3 is 20.3 Å². The largest absolute Gasteiger partial charge is 0.507 e. The normalized spacial score (nSPS) is 13.7. The van der Waals surface area contributed by atoms with Crippen LogP contribution in [0.2, 0.25) is 0 Å². The number of amides is 1. The van der Waals surface area contributed by atoms with Gasteiger partial charge in [-0.1, -0.05) is 51.1 Å². The van der Waals surface area contributed by atoms with Crippen molar-refractivity contribution >= 4 is 5.91 Å². The number of aromatic hydroxyl groups is 1. The van der Waals surface area contributed by atoms with Crippen molar-refractivity contribution in [3.8, 4) is 11.5 Å². The highest BCUT2D eigenvalue weighted by Gasteiger charge is 2.34. The van der Waals surface area contributed by atoms with E-state index >= 15 is 0 Å². The van der Waals surface area contributed by atoms with Crippen LogP contribution in [0.4, 0.5) is 0 Å². The third-order valence-corrected chi connectivity index (χ3v) is 4.48. The molecule has 0 aliphatic rings. The monoisotopic (exact) mass is 371 g/mol. The van der Waals surface area contributed by atoms with Crippen LogP contribution in [0, 0.1) is 19.3 Å². The summed E-state index contributed by atoms with van der Waals surface area (Å²) in [6, 6.07) is 12.2. The van der Waals surface area contributed by atoms with Crippen molar-refractivity contribution in [3.05, 3.63) is 59.2 Å². The van der Waals surface area contributed by atoms with Gasteiger partial charge in [-0.15, -0.1) is 0 Å². The van der Waals surface area contributed by atoms with E-state index in [0.717, 1.165) is 16.9 Å². The lowest BCUT2D eigenvalue weighted by Gasteiger charge is -2.35. The zero-order chi connectivity index (χ0) is 20.2. The third-order valence-electron chi connectivity index (χ3n) is 4.48. The van der Waals surface area contributed by atoms with E-state index in [1.165, 1.54) is 12.1 Å². The smallest absolute Gasteiger partial charge is 0.255 e. The Morgan fingerprint density at radius 2 is 1.67 bits per heavy atom. The molecule has 2 rings (SSSR count). The van der Waals surface area contributed by atoms with E-state index in [4.69, 9.17) is 4.74 Å². The number of carbonyl (C=O) groups is 1. The number of ether oxygens (including phenoxy) is 1. The second-order valence-electron chi connectivity index (χ2n) is 7.92. The number of aliphatic hydroxyl groups excluding tert-OH is 1. The highest BCUT2D eigenvalue weighted by molar-refractivity contribution is 5.96. The number of para-hydroxylation sites is 2. The summed E-state index contributed by atoms with van der Waals surface area (Å²) in [5.74, 6) is 0.221. The highest BCUT2D eigenvalue weighted by atomic mass is 16.5. The van der Waals surface area contributed by atoms with Gasteiger partial charge in [0.25, 0.3) is 5.91 Å². The van der Waals surface area contributed by atoms with Crippen LogP contribution < -0.4 is 10.1 Å². The Labute approximate surface area is 161 Å². The lowest BCUT2D eigenvalue weighted by Crippen LogP contribution is -2.48. The summed E-state index contributed by atoms with van der Waals surface area (Å²) in [4.78, 5) is 12.3. The molecule has 146 valence electrons. The molecule has 1 amide bonds. The molecule has 2 unspecified atom stereocenters. The van der Waals surface area contributed by atoms with Crippen molar-refractivity contribution in [3.63, 3.8) is 0 Å². The molecular formula is C22H29NO4. The fraction of sp³-hybridized carbons (Fsp3) is 0.409. The van der Waals surface area contributed by atoms with E-state index in [1.807, 2.05) is 52.8 Å². The summed E-state index contributed by atoms with van der Waals surface area (Å²) in [5, 5.41) is 23.2. The maximum Gasteiger partial charge on any atom is 0.255 e. The summed E-state index contributed by atoms with van der Waals surface area (Å²) >= 11 is 0. The van der Waals surface area contributed by atoms with Gasteiger partial charge >= 0.3 is 0 Å². The van der Waals surface area contributed by atoms with Gasteiger partial charge in [0.05, 0.1) is 5.56 Å². The molecule has 2 atom stereocenters. The predicted octanol–water partition coefficient (Wildman–Crippen LogP) is 3.59. The molecule has 0 bridgehead atoms. The minimum Gasteiger partial charge on any atom is -0.507 e.